The van der Waals surface area contributed by atoms with Gasteiger partial charge in [-0.3, -0.25) is 0 Å². The summed E-state index contributed by atoms with van der Waals surface area (Å²) in [6.45, 7) is 8.09. The van der Waals surface area contributed by atoms with E-state index in [1.807, 2.05) is 6.08 Å². The zero-order chi connectivity index (χ0) is 11.6. The highest BCUT2D eigenvalue weighted by atomic mass is 16.3. The summed E-state index contributed by atoms with van der Waals surface area (Å²) in [4.78, 5) is 0. The molecule has 0 heterocycles. The standard InChI is InChI=1S/C13H22O2/c1-9-7-11(15)8-13(3,4)12(9)6-5-10(2)14/h5-6,10-11,14-15H,7-8H2,1-4H3/b6-5+. The van der Waals surface area contributed by atoms with Gasteiger partial charge in [-0.05, 0) is 37.7 Å². The molecule has 0 aromatic rings. The third kappa shape index (κ3) is 3.18. The fourth-order valence-corrected chi connectivity index (χ4v) is 2.42. The van der Waals surface area contributed by atoms with Crippen LogP contribution in [0.1, 0.15) is 40.5 Å². The number of hydrogen-bond donors (Lipinski definition) is 2. The fraction of sp³-hybridized carbons (Fsp3) is 0.692. The second-order valence-corrected chi connectivity index (χ2v) is 5.24. The molecule has 15 heavy (non-hydrogen) atoms. The number of rotatable bonds is 2. The van der Waals surface area contributed by atoms with Gasteiger partial charge in [0.15, 0.2) is 0 Å². The van der Waals surface area contributed by atoms with E-state index < -0.39 is 6.10 Å². The Balaban J connectivity index is 2.96. The lowest BCUT2D eigenvalue weighted by Crippen LogP contribution is -2.28. The van der Waals surface area contributed by atoms with Gasteiger partial charge < -0.3 is 10.2 Å². The minimum Gasteiger partial charge on any atom is -0.393 e. The van der Waals surface area contributed by atoms with Gasteiger partial charge in [0.25, 0.3) is 0 Å². The van der Waals surface area contributed by atoms with Gasteiger partial charge in [-0.2, -0.15) is 0 Å². The van der Waals surface area contributed by atoms with Crippen LogP contribution in [0.2, 0.25) is 0 Å². The molecule has 0 radical (unpaired) electrons. The van der Waals surface area contributed by atoms with Gasteiger partial charge in [-0.1, -0.05) is 31.6 Å². The first-order valence-corrected chi connectivity index (χ1v) is 5.57. The quantitative estimate of drug-likeness (QED) is 0.735. The van der Waals surface area contributed by atoms with E-state index >= 15 is 0 Å². The highest BCUT2D eigenvalue weighted by Crippen LogP contribution is 2.40. The van der Waals surface area contributed by atoms with Gasteiger partial charge in [0, 0.05) is 0 Å². The molecule has 1 aliphatic carbocycles. The summed E-state index contributed by atoms with van der Waals surface area (Å²) in [5.41, 5.74) is 2.50. The molecule has 2 heteroatoms. The van der Waals surface area contributed by atoms with Crippen molar-refractivity contribution < 1.29 is 10.2 Å². The second kappa shape index (κ2) is 4.50. The molecule has 2 nitrogen and oxygen atoms in total. The first-order valence-electron chi connectivity index (χ1n) is 5.57. The molecule has 1 rings (SSSR count). The largest absolute Gasteiger partial charge is 0.393 e. The van der Waals surface area contributed by atoms with Gasteiger partial charge in [0.1, 0.15) is 0 Å². The molecule has 1 aliphatic rings. The summed E-state index contributed by atoms with van der Waals surface area (Å²) in [5.74, 6) is 0. The van der Waals surface area contributed by atoms with Crippen LogP contribution in [-0.2, 0) is 0 Å². The molecule has 0 saturated carbocycles. The van der Waals surface area contributed by atoms with Gasteiger partial charge in [-0.15, -0.1) is 0 Å². The van der Waals surface area contributed by atoms with E-state index in [9.17, 15) is 10.2 Å². The summed E-state index contributed by atoms with van der Waals surface area (Å²) >= 11 is 0. The normalized spacial score (nSPS) is 28.5. The smallest absolute Gasteiger partial charge is 0.0695 e. The van der Waals surface area contributed by atoms with Crippen molar-refractivity contribution in [3.8, 4) is 0 Å². The highest BCUT2D eigenvalue weighted by Gasteiger charge is 2.31. The molecule has 86 valence electrons. The van der Waals surface area contributed by atoms with Crippen LogP contribution < -0.4 is 0 Å². The Bertz CT molecular complexity index is 285. The molecule has 2 N–H and O–H groups in total. The third-order valence-electron chi connectivity index (χ3n) is 3.02. The topological polar surface area (TPSA) is 40.5 Å². The Hall–Kier alpha value is -0.600. The minimum absolute atomic E-state index is 0.00708. The van der Waals surface area contributed by atoms with Crippen LogP contribution in [-0.4, -0.2) is 22.4 Å². The van der Waals surface area contributed by atoms with E-state index in [1.165, 1.54) is 11.1 Å². The van der Waals surface area contributed by atoms with Crippen molar-refractivity contribution in [2.45, 2.75) is 52.7 Å². The maximum absolute atomic E-state index is 9.70. The maximum atomic E-state index is 9.70. The van der Waals surface area contributed by atoms with Crippen LogP contribution in [0.25, 0.3) is 0 Å². The Morgan fingerprint density at radius 1 is 1.47 bits per heavy atom. The van der Waals surface area contributed by atoms with Crippen LogP contribution in [0.4, 0.5) is 0 Å². The van der Waals surface area contributed by atoms with Crippen molar-refractivity contribution in [3.63, 3.8) is 0 Å². The van der Waals surface area contributed by atoms with E-state index in [1.54, 1.807) is 13.0 Å². The summed E-state index contributed by atoms with van der Waals surface area (Å²) < 4.78 is 0. The average Bonchev–Trinajstić information content (AvgIpc) is 1.98. The molecule has 0 saturated heterocycles. The van der Waals surface area contributed by atoms with Crippen LogP contribution in [0.15, 0.2) is 23.3 Å². The number of hydrogen-bond acceptors (Lipinski definition) is 2. The monoisotopic (exact) mass is 210 g/mol. The second-order valence-electron chi connectivity index (χ2n) is 5.24. The van der Waals surface area contributed by atoms with E-state index in [0.29, 0.717) is 0 Å². The van der Waals surface area contributed by atoms with E-state index in [-0.39, 0.29) is 11.5 Å². The average molecular weight is 210 g/mol. The lowest BCUT2D eigenvalue weighted by atomic mass is 9.71. The highest BCUT2D eigenvalue weighted by molar-refractivity contribution is 5.33. The molecule has 0 aromatic heterocycles. The first-order chi connectivity index (χ1) is 6.83. The fourth-order valence-electron chi connectivity index (χ4n) is 2.42. The molecule has 0 amide bonds. The van der Waals surface area contributed by atoms with E-state index in [0.717, 1.165) is 12.8 Å². The van der Waals surface area contributed by atoms with Crippen molar-refractivity contribution in [3.05, 3.63) is 23.3 Å². The van der Waals surface area contributed by atoms with Crippen LogP contribution >= 0.6 is 0 Å². The lowest BCUT2D eigenvalue weighted by Gasteiger charge is -2.35. The van der Waals surface area contributed by atoms with Crippen LogP contribution in [0.5, 0.6) is 0 Å². The minimum atomic E-state index is -0.409. The van der Waals surface area contributed by atoms with Gasteiger partial charge in [0.2, 0.25) is 0 Å². The number of aliphatic hydroxyl groups excluding tert-OH is 2. The van der Waals surface area contributed by atoms with Crippen molar-refractivity contribution >= 4 is 0 Å². The lowest BCUT2D eigenvalue weighted by molar-refractivity contribution is 0.116. The zero-order valence-electron chi connectivity index (χ0n) is 10.1. The van der Waals surface area contributed by atoms with Crippen LogP contribution in [0.3, 0.4) is 0 Å². The van der Waals surface area contributed by atoms with E-state index in [2.05, 4.69) is 20.8 Å². The Morgan fingerprint density at radius 2 is 2.07 bits per heavy atom. The van der Waals surface area contributed by atoms with Gasteiger partial charge in [0.05, 0.1) is 12.2 Å². The first kappa shape index (κ1) is 12.5. The van der Waals surface area contributed by atoms with Crippen molar-refractivity contribution in [2.24, 2.45) is 5.41 Å². The molecule has 0 bridgehead atoms. The molecule has 0 aliphatic heterocycles. The molecule has 0 spiro atoms. The van der Waals surface area contributed by atoms with Crippen LogP contribution in [0, 0.1) is 5.41 Å². The Kier molecular flexibility index (Phi) is 3.74. The third-order valence-corrected chi connectivity index (χ3v) is 3.02. The van der Waals surface area contributed by atoms with Crippen molar-refractivity contribution in [2.75, 3.05) is 0 Å². The Morgan fingerprint density at radius 3 is 2.53 bits per heavy atom. The summed E-state index contributed by atoms with van der Waals surface area (Å²) in [5, 5.41) is 18.9. The Labute approximate surface area is 92.3 Å². The SMILES string of the molecule is CC1=C(/C=C/C(C)O)C(C)(C)CC(O)C1. The summed E-state index contributed by atoms with van der Waals surface area (Å²) in [6.07, 6.45) is 4.73. The van der Waals surface area contributed by atoms with Gasteiger partial charge in [-0.25, -0.2) is 0 Å². The van der Waals surface area contributed by atoms with Crippen molar-refractivity contribution in [1.29, 1.82) is 0 Å². The molecular formula is C13H22O2. The summed E-state index contributed by atoms with van der Waals surface area (Å²) in [7, 11) is 0. The predicted molar refractivity (Wildman–Crippen MR) is 62.5 cm³/mol. The molecule has 2 atom stereocenters. The maximum Gasteiger partial charge on any atom is 0.0695 e. The van der Waals surface area contributed by atoms with Crippen molar-refractivity contribution in [1.82, 2.24) is 0 Å². The molecule has 0 fully saturated rings. The zero-order valence-corrected chi connectivity index (χ0v) is 10.1. The van der Waals surface area contributed by atoms with E-state index in [4.69, 9.17) is 0 Å². The summed E-state index contributed by atoms with van der Waals surface area (Å²) in [6, 6.07) is 0. The predicted octanol–water partition coefficient (Wildman–Crippen LogP) is 2.42. The molecule has 2 unspecified atom stereocenters. The number of allylic oxidation sites excluding steroid dienone is 2. The van der Waals surface area contributed by atoms with Gasteiger partial charge >= 0.3 is 0 Å². The molecule has 0 aromatic carbocycles. The molecular weight excluding hydrogens is 188 g/mol. The number of aliphatic hydroxyl groups is 2.